The summed E-state index contributed by atoms with van der Waals surface area (Å²) >= 11 is 0. The molecule has 2 aromatic rings. The molecule has 1 aliphatic rings. The van der Waals surface area contributed by atoms with Crippen LogP contribution in [0.5, 0.6) is 5.75 Å². The molecule has 0 unspecified atom stereocenters. The molecule has 1 aliphatic heterocycles. The Morgan fingerprint density at radius 3 is 2.64 bits per heavy atom. The molecular weight excluding hydrogens is 324 g/mol. The first-order chi connectivity index (χ1) is 11.7. The van der Waals surface area contributed by atoms with Crippen LogP contribution in [-0.4, -0.2) is 22.8 Å². The summed E-state index contributed by atoms with van der Waals surface area (Å²) in [7, 11) is 0. The van der Waals surface area contributed by atoms with E-state index in [4.69, 9.17) is 13.9 Å². The highest BCUT2D eigenvalue weighted by molar-refractivity contribution is 5.89. The van der Waals surface area contributed by atoms with Crippen molar-refractivity contribution in [3.63, 3.8) is 0 Å². The average molecular weight is 344 g/mol. The molecule has 2 atom stereocenters. The summed E-state index contributed by atoms with van der Waals surface area (Å²) in [5, 5.41) is 11.4. The maximum Gasteiger partial charge on any atom is 0.336 e. The van der Waals surface area contributed by atoms with Gasteiger partial charge in [-0.1, -0.05) is 6.08 Å². The minimum Gasteiger partial charge on any atom is -0.484 e. The number of allylic oxidation sites excluding steroid dienone is 1. The van der Waals surface area contributed by atoms with Gasteiger partial charge in [-0.05, 0) is 45.9 Å². The lowest BCUT2D eigenvalue weighted by Crippen LogP contribution is -2.50. The molecule has 3 rings (SSSR count). The lowest BCUT2D eigenvalue weighted by Gasteiger charge is -2.41. The second-order valence-electron chi connectivity index (χ2n) is 6.60. The van der Waals surface area contributed by atoms with Gasteiger partial charge in [-0.3, -0.25) is 0 Å². The van der Waals surface area contributed by atoms with Crippen molar-refractivity contribution >= 4 is 16.9 Å². The van der Waals surface area contributed by atoms with Gasteiger partial charge in [0.25, 0.3) is 0 Å². The van der Waals surface area contributed by atoms with Gasteiger partial charge < -0.3 is 19.0 Å². The summed E-state index contributed by atoms with van der Waals surface area (Å²) in [6.07, 6.45) is -0.524. The van der Waals surface area contributed by atoms with Crippen LogP contribution >= 0.6 is 0 Å². The maximum absolute atomic E-state index is 12.3. The predicted octanol–water partition coefficient (Wildman–Crippen LogP) is 2.88. The van der Waals surface area contributed by atoms with Crippen molar-refractivity contribution in [2.45, 2.75) is 45.5 Å². The SMILES string of the molecule is C/C=C(/C)C(=O)O[C@H]1c2c(ccc3ccc(=O)oc23)OC(C)(C)[C@@H]1O. The molecule has 0 bridgehead atoms. The quantitative estimate of drug-likeness (QED) is 0.512. The topological polar surface area (TPSA) is 86.0 Å². The van der Waals surface area contributed by atoms with E-state index < -0.39 is 29.4 Å². The number of aliphatic hydroxyl groups excluding tert-OH is 1. The molecule has 6 nitrogen and oxygen atoms in total. The number of hydrogen-bond donors (Lipinski definition) is 1. The molecule has 0 saturated carbocycles. The van der Waals surface area contributed by atoms with Crippen LogP contribution in [0.15, 0.2) is 45.1 Å². The predicted molar refractivity (Wildman–Crippen MR) is 91.5 cm³/mol. The minimum atomic E-state index is -1.13. The number of carbonyl (C=O) groups is 1. The highest BCUT2D eigenvalue weighted by Crippen LogP contribution is 2.45. The van der Waals surface area contributed by atoms with Gasteiger partial charge in [-0.25, -0.2) is 9.59 Å². The van der Waals surface area contributed by atoms with Crippen molar-refractivity contribution in [2.75, 3.05) is 0 Å². The van der Waals surface area contributed by atoms with Crippen molar-refractivity contribution in [3.8, 4) is 5.75 Å². The molecule has 0 radical (unpaired) electrons. The molecule has 1 aromatic heterocycles. The fourth-order valence-electron chi connectivity index (χ4n) is 2.81. The molecule has 0 fully saturated rings. The molecule has 0 saturated heterocycles. The van der Waals surface area contributed by atoms with Crippen molar-refractivity contribution in [1.29, 1.82) is 0 Å². The van der Waals surface area contributed by atoms with E-state index in [0.29, 0.717) is 22.3 Å². The standard InChI is InChI=1S/C19H20O6/c1-5-10(2)18(22)24-16-14-12(25-19(3,4)17(16)21)8-6-11-7-9-13(20)23-15(11)14/h5-9,16-17,21H,1-4H3/b10-5-/t16-,17+/m0/s1. The van der Waals surface area contributed by atoms with E-state index in [0.717, 1.165) is 0 Å². The van der Waals surface area contributed by atoms with Gasteiger partial charge in [0.2, 0.25) is 0 Å². The Bertz CT molecular complexity index is 921. The van der Waals surface area contributed by atoms with E-state index in [1.165, 1.54) is 6.07 Å². The molecule has 0 spiro atoms. The van der Waals surface area contributed by atoms with Gasteiger partial charge in [0, 0.05) is 17.0 Å². The lowest BCUT2D eigenvalue weighted by atomic mass is 9.87. The Hall–Kier alpha value is -2.60. The number of carbonyl (C=O) groups excluding carboxylic acids is 1. The van der Waals surface area contributed by atoms with Gasteiger partial charge in [0.15, 0.2) is 6.10 Å². The van der Waals surface area contributed by atoms with Gasteiger partial charge in [-0.2, -0.15) is 0 Å². The summed E-state index contributed by atoms with van der Waals surface area (Å²) in [4.78, 5) is 24.0. The fourth-order valence-corrected chi connectivity index (χ4v) is 2.81. The average Bonchev–Trinajstić information content (AvgIpc) is 2.57. The van der Waals surface area contributed by atoms with E-state index >= 15 is 0 Å². The van der Waals surface area contributed by atoms with Gasteiger partial charge in [0.1, 0.15) is 23.0 Å². The van der Waals surface area contributed by atoms with Crippen LogP contribution in [0, 0.1) is 0 Å². The van der Waals surface area contributed by atoms with Crippen LogP contribution in [0.3, 0.4) is 0 Å². The number of benzene rings is 1. The molecular formula is C19H20O6. The van der Waals surface area contributed by atoms with E-state index in [-0.39, 0.29) is 5.58 Å². The van der Waals surface area contributed by atoms with Gasteiger partial charge in [0.05, 0.1) is 5.56 Å². The lowest BCUT2D eigenvalue weighted by molar-refractivity contribution is -0.166. The molecule has 2 heterocycles. The Morgan fingerprint density at radius 1 is 1.28 bits per heavy atom. The van der Waals surface area contributed by atoms with Crippen LogP contribution in [0.4, 0.5) is 0 Å². The third kappa shape index (κ3) is 2.93. The molecule has 0 amide bonds. The molecule has 0 aliphatic carbocycles. The summed E-state index contributed by atoms with van der Waals surface area (Å²) in [5.41, 5.74) is -0.491. The summed E-state index contributed by atoms with van der Waals surface area (Å²) < 4.78 is 16.7. The van der Waals surface area contributed by atoms with Crippen molar-refractivity contribution < 1.29 is 23.8 Å². The smallest absolute Gasteiger partial charge is 0.336 e. The zero-order valence-electron chi connectivity index (χ0n) is 14.5. The van der Waals surface area contributed by atoms with E-state index in [1.807, 2.05) is 0 Å². The van der Waals surface area contributed by atoms with Crippen LogP contribution in [0.25, 0.3) is 11.0 Å². The van der Waals surface area contributed by atoms with Crippen LogP contribution in [-0.2, 0) is 9.53 Å². The summed E-state index contributed by atoms with van der Waals surface area (Å²) in [5.74, 6) is -0.140. The first-order valence-corrected chi connectivity index (χ1v) is 8.02. The second kappa shape index (κ2) is 6.04. The van der Waals surface area contributed by atoms with Crippen LogP contribution in [0.1, 0.15) is 39.4 Å². The first kappa shape index (κ1) is 17.2. The number of fused-ring (bicyclic) bond motifs is 3. The normalized spacial score (nSPS) is 22.2. The fraction of sp³-hybridized carbons (Fsp3) is 0.368. The van der Waals surface area contributed by atoms with Crippen molar-refractivity contribution in [1.82, 2.24) is 0 Å². The molecule has 25 heavy (non-hydrogen) atoms. The minimum absolute atomic E-state index is 0.246. The number of rotatable bonds is 2. The first-order valence-electron chi connectivity index (χ1n) is 8.02. The zero-order chi connectivity index (χ0) is 18.4. The van der Waals surface area contributed by atoms with E-state index in [1.54, 1.807) is 52.0 Å². The number of aliphatic hydroxyl groups is 1. The number of ether oxygens (including phenoxy) is 2. The monoisotopic (exact) mass is 344 g/mol. The van der Waals surface area contributed by atoms with Crippen LogP contribution in [0.2, 0.25) is 0 Å². The van der Waals surface area contributed by atoms with E-state index in [9.17, 15) is 14.7 Å². The maximum atomic E-state index is 12.3. The highest BCUT2D eigenvalue weighted by atomic mass is 16.6. The van der Waals surface area contributed by atoms with E-state index in [2.05, 4.69) is 0 Å². The zero-order valence-corrected chi connectivity index (χ0v) is 14.5. The largest absolute Gasteiger partial charge is 0.484 e. The third-order valence-electron chi connectivity index (χ3n) is 4.43. The number of hydrogen-bond acceptors (Lipinski definition) is 6. The molecule has 1 N–H and O–H groups in total. The Morgan fingerprint density at radius 2 is 1.96 bits per heavy atom. The van der Waals surface area contributed by atoms with Crippen molar-refractivity contribution in [2.24, 2.45) is 0 Å². The molecule has 6 heteroatoms. The van der Waals surface area contributed by atoms with Crippen molar-refractivity contribution in [3.05, 3.63) is 51.9 Å². The molecule has 132 valence electrons. The highest BCUT2D eigenvalue weighted by Gasteiger charge is 2.46. The third-order valence-corrected chi connectivity index (χ3v) is 4.43. The Labute approximate surface area is 144 Å². The number of esters is 1. The Balaban J connectivity index is 2.22. The summed E-state index contributed by atoms with van der Waals surface area (Å²) in [6.45, 7) is 6.76. The van der Waals surface area contributed by atoms with Gasteiger partial charge in [-0.15, -0.1) is 0 Å². The van der Waals surface area contributed by atoms with Crippen LogP contribution < -0.4 is 10.4 Å². The van der Waals surface area contributed by atoms with Gasteiger partial charge >= 0.3 is 11.6 Å². The second-order valence-corrected chi connectivity index (χ2v) is 6.60. The Kier molecular flexibility index (Phi) is 4.16. The molecule has 1 aromatic carbocycles. The summed E-state index contributed by atoms with van der Waals surface area (Å²) in [6, 6.07) is 6.39.